The maximum absolute atomic E-state index is 5.96. The molecule has 0 spiro atoms. The summed E-state index contributed by atoms with van der Waals surface area (Å²) in [5, 5.41) is 6.70. The van der Waals surface area contributed by atoms with Gasteiger partial charge in [0.2, 0.25) is 0 Å². The Morgan fingerprint density at radius 1 is 1.16 bits per heavy atom. The van der Waals surface area contributed by atoms with Gasteiger partial charge in [-0.25, -0.2) is 4.99 Å². The van der Waals surface area contributed by atoms with Crippen LogP contribution < -0.4 is 15.4 Å². The number of morpholine rings is 1. The third-order valence-electron chi connectivity index (χ3n) is 5.58. The summed E-state index contributed by atoms with van der Waals surface area (Å²) in [6.45, 7) is 12.8. The molecule has 2 fully saturated rings. The number of ether oxygens (including phenoxy) is 4. The van der Waals surface area contributed by atoms with Gasteiger partial charge in [-0.1, -0.05) is 12.1 Å². The van der Waals surface area contributed by atoms with Gasteiger partial charge in [0, 0.05) is 51.9 Å². The molecule has 0 radical (unpaired) electrons. The highest BCUT2D eigenvalue weighted by molar-refractivity contribution is 5.79. The molecule has 1 aromatic rings. The summed E-state index contributed by atoms with van der Waals surface area (Å²) in [6, 6.07) is 8.20. The van der Waals surface area contributed by atoms with E-state index in [0.29, 0.717) is 19.1 Å². The van der Waals surface area contributed by atoms with E-state index >= 15 is 0 Å². The standard InChI is InChI=1S/C24H40N4O4/c1-2-25-24(26-8-4-12-30-19-22-7-13-31-20-22)27-18-21-5-3-6-23(17-21)32-16-11-28-9-14-29-15-10-28/h3,5-6,17,22H,2,4,7-16,18-20H2,1H3,(H2,25,26,27). The van der Waals surface area contributed by atoms with Crippen molar-refractivity contribution in [2.75, 3.05) is 79.0 Å². The van der Waals surface area contributed by atoms with Crippen molar-refractivity contribution < 1.29 is 18.9 Å². The van der Waals surface area contributed by atoms with Gasteiger partial charge in [-0.05, 0) is 37.5 Å². The van der Waals surface area contributed by atoms with E-state index in [2.05, 4.69) is 34.6 Å². The summed E-state index contributed by atoms with van der Waals surface area (Å²) in [5.74, 6) is 2.30. The highest BCUT2D eigenvalue weighted by atomic mass is 16.5. The van der Waals surface area contributed by atoms with Crippen molar-refractivity contribution in [3.05, 3.63) is 29.8 Å². The van der Waals surface area contributed by atoms with Crippen LogP contribution >= 0.6 is 0 Å². The number of benzene rings is 1. The van der Waals surface area contributed by atoms with Crippen LogP contribution in [0.25, 0.3) is 0 Å². The first-order valence-electron chi connectivity index (χ1n) is 12.0. The molecule has 180 valence electrons. The van der Waals surface area contributed by atoms with Crippen LogP contribution in [-0.4, -0.2) is 89.8 Å². The lowest BCUT2D eigenvalue weighted by Gasteiger charge is -2.26. The molecule has 2 aliphatic heterocycles. The molecule has 8 nitrogen and oxygen atoms in total. The van der Waals surface area contributed by atoms with Crippen LogP contribution in [0.3, 0.4) is 0 Å². The lowest BCUT2D eigenvalue weighted by Crippen LogP contribution is -2.38. The summed E-state index contributed by atoms with van der Waals surface area (Å²) in [6.07, 6.45) is 2.07. The zero-order valence-electron chi connectivity index (χ0n) is 19.5. The second-order valence-electron chi connectivity index (χ2n) is 8.23. The van der Waals surface area contributed by atoms with Crippen LogP contribution in [-0.2, 0) is 20.8 Å². The lowest BCUT2D eigenvalue weighted by atomic mass is 10.1. The van der Waals surface area contributed by atoms with Crippen molar-refractivity contribution in [2.45, 2.75) is 26.3 Å². The first-order chi connectivity index (χ1) is 15.8. The van der Waals surface area contributed by atoms with Gasteiger partial charge >= 0.3 is 0 Å². The Hall–Kier alpha value is -1.87. The molecular weight excluding hydrogens is 408 g/mol. The second kappa shape index (κ2) is 15.1. The van der Waals surface area contributed by atoms with Crippen molar-refractivity contribution in [2.24, 2.45) is 10.9 Å². The first-order valence-corrected chi connectivity index (χ1v) is 12.0. The minimum atomic E-state index is 0.570. The van der Waals surface area contributed by atoms with E-state index in [4.69, 9.17) is 23.9 Å². The molecule has 8 heteroatoms. The Labute approximate surface area is 192 Å². The van der Waals surface area contributed by atoms with E-state index in [1.807, 2.05) is 12.1 Å². The van der Waals surface area contributed by atoms with Crippen molar-refractivity contribution in [1.82, 2.24) is 15.5 Å². The largest absolute Gasteiger partial charge is 0.492 e. The quantitative estimate of drug-likeness (QED) is 0.271. The number of guanidine groups is 1. The molecule has 0 saturated carbocycles. The topological polar surface area (TPSA) is 76.6 Å². The maximum atomic E-state index is 5.96. The second-order valence-corrected chi connectivity index (χ2v) is 8.23. The van der Waals surface area contributed by atoms with E-state index in [1.165, 1.54) is 0 Å². The summed E-state index contributed by atoms with van der Waals surface area (Å²) < 4.78 is 22.5. The zero-order valence-corrected chi connectivity index (χ0v) is 19.5. The van der Waals surface area contributed by atoms with E-state index in [1.54, 1.807) is 0 Å². The molecule has 0 amide bonds. The fraction of sp³-hybridized carbons (Fsp3) is 0.708. The van der Waals surface area contributed by atoms with Crippen LogP contribution in [0, 0.1) is 5.92 Å². The van der Waals surface area contributed by atoms with Crippen LogP contribution in [0.1, 0.15) is 25.3 Å². The van der Waals surface area contributed by atoms with Crippen LogP contribution in [0.4, 0.5) is 0 Å². The molecule has 1 aromatic carbocycles. The summed E-state index contributed by atoms with van der Waals surface area (Å²) in [4.78, 5) is 7.09. The van der Waals surface area contributed by atoms with E-state index in [0.717, 1.165) is 102 Å². The number of hydrogen-bond donors (Lipinski definition) is 2. The molecule has 2 aliphatic rings. The Kier molecular flexibility index (Phi) is 11.7. The molecule has 2 N–H and O–H groups in total. The molecular formula is C24H40N4O4. The Morgan fingerprint density at radius 2 is 2.06 bits per heavy atom. The minimum absolute atomic E-state index is 0.570. The fourth-order valence-electron chi connectivity index (χ4n) is 3.71. The van der Waals surface area contributed by atoms with Gasteiger partial charge in [-0.3, -0.25) is 4.90 Å². The minimum Gasteiger partial charge on any atom is -0.492 e. The molecule has 0 aliphatic carbocycles. The highest BCUT2D eigenvalue weighted by Crippen LogP contribution is 2.14. The van der Waals surface area contributed by atoms with Crippen molar-refractivity contribution in [1.29, 1.82) is 0 Å². The third-order valence-corrected chi connectivity index (χ3v) is 5.58. The molecule has 0 aromatic heterocycles. The predicted molar refractivity (Wildman–Crippen MR) is 126 cm³/mol. The number of nitrogens with one attached hydrogen (secondary N) is 2. The van der Waals surface area contributed by atoms with Gasteiger partial charge in [0.15, 0.2) is 5.96 Å². The molecule has 0 bridgehead atoms. The summed E-state index contributed by atoms with van der Waals surface area (Å²) in [7, 11) is 0. The van der Waals surface area contributed by atoms with Crippen LogP contribution in [0.15, 0.2) is 29.3 Å². The smallest absolute Gasteiger partial charge is 0.191 e. The first kappa shape index (κ1) is 24.8. The molecule has 1 unspecified atom stereocenters. The van der Waals surface area contributed by atoms with E-state index in [-0.39, 0.29) is 0 Å². The average molecular weight is 449 g/mol. The highest BCUT2D eigenvalue weighted by Gasteiger charge is 2.15. The maximum Gasteiger partial charge on any atom is 0.191 e. The number of aliphatic imine (C=N–C) groups is 1. The molecule has 3 rings (SSSR count). The zero-order chi connectivity index (χ0) is 22.3. The third kappa shape index (κ3) is 9.73. The van der Waals surface area contributed by atoms with Gasteiger partial charge in [0.05, 0.1) is 33.0 Å². The normalized spacial score (nSPS) is 19.8. The van der Waals surface area contributed by atoms with Crippen LogP contribution in [0.2, 0.25) is 0 Å². The Balaban J connectivity index is 1.34. The van der Waals surface area contributed by atoms with E-state index in [9.17, 15) is 0 Å². The fourth-order valence-corrected chi connectivity index (χ4v) is 3.71. The molecule has 1 atom stereocenters. The van der Waals surface area contributed by atoms with Gasteiger partial charge < -0.3 is 29.6 Å². The van der Waals surface area contributed by atoms with Gasteiger partial charge in [-0.15, -0.1) is 0 Å². The summed E-state index contributed by atoms with van der Waals surface area (Å²) in [5.41, 5.74) is 1.13. The van der Waals surface area contributed by atoms with Crippen LogP contribution in [0.5, 0.6) is 5.75 Å². The predicted octanol–water partition coefficient (Wildman–Crippen LogP) is 1.90. The number of hydrogen-bond acceptors (Lipinski definition) is 6. The molecule has 32 heavy (non-hydrogen) atoms. The van der Waals surface area contributed by atoms with Crippen molar-refractivity contribution in [3.8, 4) is 5.75 Å². The monoisotopic (exact) mass is 448 g/mol. The van der Waals surface area contributed by atoms with Crippen molar-refractivity contribution in [3.63, 3.8) is 0 Å². The molecule has 2 saturated heterocycles. The average Bonchev–Trinajstić information content (AvgIpc) is 3.34. The van der Waals surface area contributed by atoms with E-state index < -0.39 is 0 Å². The molecule has 2 heterocycles. The van der Waals surface area contributed by atoms with Crippen molar-refractivity contribution >= 4 is 5.96 Å². The number of nitrogens with zero attached hydrogens (tertiary/aromatic N) is 2. The summed E-state index contributed by atoms with van der Waals surface area (Å²) >= 11 is 0. The number of rotatable bonds is 13. The van der Waals surface area contributed by atoms with Gasteiger partial charge in [-0.2, -0.15) is 0 Å². The Morgan fingerprint density at radius 3 is 2.88 bits per heavy atom. The SMILES string of the molecule is CCNC(=NCc1cccc(OCCN2CCOCC2)c1)NCCCOCC1CCOC1. The Bertz CT molecular complexity index is 661. The van der Waals surface area contributed by atoms with Gasteiger partial charge in [0.1, 0.15) is 12.4 Å². The lowest BCUT2D eigenvalue weighted by molar-refractivity contribution is 0.0322. The van der Waals surface area contributed by atoms with Gasteiger partial charge in [0.25, 0.3) is 0 Å².